The molecule has 0 heterocycles. The molecule has 2 saturated carbocycles. The number of methoxy groups -OCH3 is 1. The van der Waals surface area contributed by atoms with Gasteiger partial charge in [-0.2, -0.15) is 0 Å². The van der Waals surface area contributed by atoms with Crippen LogP contribution in [0.15, 0.2) is 0 Å². The second kappa shape index (κ2) is 4.12. The number of hydrogen-bond acceptors (Lipinski definition) is 3. The summed E-state index contributed by atoms with van der Waals surface area (Å²) in [6, 6.07) is 0. The van der Waals surface area contributed by atoms with Crippen LogP contribution in [0.2, 0.25) is 0 Å². The summed E-state index contributed by atoms with van der Waals surface area (Å²) in [5, 5.41) is 9.99. The van der Waals surface area contributed by atoms with Crippen LogP contribution in [0, 0.1) is 11.3 Å². The predicted molar refractivity (Wildman–Crippen MR) is 56.3 cm³/mol. The molecule has 2 aliphatic rings. The summed E-state index contributed by atoms with van der Waals surface area (Å²) in [6.45, 7) is 0. The Morgan fingerprint density at radius 3 is 2.40 bits per heavy atom. The molecule has 0 aromatic carbocycles. The fourth-order valence-electron chi connectivity index (χ4n) is 3.07. The lowest BCUT2D eigenvalue weighted by atomic mass is 9.75. The summed E-state index contributed by atoms with van der Waals surface area (Å²) >= 11 is 0. The highest BCUT2D eigenvalue weighted by Crippen LogP contribution is 2.58. The van der Waals surface area contributed by atoms with Crippen LogP contribution in [0.25, 0.3) is 0 Å². The van der Waals surface area contributed by atoms with Gasteiger partial charge in [-0.25, -0.2) is 4.79 Å². The monoisotopic (exact) mass is 212 g/mol. The summed E-state index contributed by atoms with van der Waals surface area (Å²) in [7, 11) is 1.35. The van der Waals surface area contributed by atoms with Gasteiger partial charge in [0.25, 0.3) is 0 Å². The number of aliphatic hydroxyl groups is 1. The van der Waals surface area contributed by atoms with Crippen LogP contribution in [0.5, 0.6) is 0 Å². The van der Waals surface area contributed by atoms with Gasteiger partial charge in [-0.1, -0.05) is 19.3 Å². The molecule has 0 aliphatic heterocycles. The number of esters is 1. The molecule has 86 valence electrons. The van der Waals surface area contributed by atoms with E-state index in [-0.39, 0.29) is 5.41 Å². The van der Waals surface area contributed by atoms with Crippen LogP contribution in [0.3, 0.4) is 0 Å². The fourth-order valence-corrected chi connectivity index (χ4v) is 3.07. The van der Waals surface area contributed by atoms with E-state index in [0.717, 1.165) is 12.8 Å². The fraction of sp³-hybridized carbons (Fsp3) is 0.917. The number of carbonyl (C=O) groups is 1. The van der Waals surface area contributed by atoms with Crippen LogP contribution in [-0.2, 0) is 9.53 Å². The molecule has 0 amide bonds. The zero-order chi connectivity index (χ0) is 10.9. The molecule has 0 bridgehead atoms. The molecule has 1 N–H and O–H groups in total. The van der Waals surface area contributed by atoms with Gasteiger partial charge in [0.2, 0.25) is 0 Å². The highest BCUT2D eigenvalue weighted by molar-refractivity contribution is 5.76. The SMILES string of the molecule is COC(=O)C(O)C1(C2CCCCC2)CC1. The van der Waals surface area contributed by atoms with Crippen LogP contribution in [-0.4, -0.2) is 24.3 Å². The van der Waals surface area contributed by atoms with Crippen molar-refractivity contribution in [2.75, 3.05) is 7.11 Å². The molecule has 1 atom stereocenters. The van der Waals surface area contributed by atoms with Crippen LogP contribution in [0.1, 0.15) is 44.9 Å². The van der Waals surface area contributed by atoms with Crippen molar-refractivity contribution in [1.29, 1.82) is 0 Å². The Morgan fingerprint density at radius 1 is 1.33 bits per heavy atom. The van der Waals surface area contributed by atoms with E-state index in [0.29, 0.717) is 5.92 Å². The number of carbonyl (C=O) groups excluding carboxylic acids is 1. The van der Waals surface area contributed by atoms with Crippen LogP contribution < -0.4 is 0 Å². The molecule has 3 nitrogen and oxygen atoms in total. The maximum absolute atomic E-state index is 11.4. The van der Waals surface area contributed by atoms with E-state index in [1.54, 1.807) is 0 Å². The summed E-state index contributed by atoms with van der Waals surface area (Å²) in [5.74, 6) is 0.0958. The zero-order valence-corrected chi connectivity index (χ0v) is 9.37. The highest BCUT2D eigenvalue weighted by atomic mass is 16.5. The number of aliphatic hydroxyl groups excluding tert-OH is 1. The average molecular weight is 212 g/mol. The largest absolute Gasteiger partial charge is 0.467 e. The highest BCUT2D eigenvalue weighted by Gasteiger charge is 2.57. The number of hydrogen-bond donors (Lipinski definition) is 1. The van der Waals surface area contributed by atoms with E-state index in [4.69, 9.17) is 0 Å². The normalized spacial score (nSPS) is 27.1. The Balaban J connectivity index is 2.02. The van der Waals surface area contributed by atoms with E-state index in [1.165, 1.54) is 39.2 Å². The first-order valence-electron chi connectivity index (χ1n) is 5.96. The van der Waals surface area contributed by atoms with Gasteiger partial charge in [0.15, 0.2) is 6.10 Å². The summed E-state index contributed by atoms with van der Waals surface area (Å²) in [4.78, 5) is 11.4. The van der Waals surface area contributed by atoms with Crippen molar-refractivity contribution >= 4 is 5.97 Å². The molecule has 2 aliphatic carbocycles. The maximum atomic E-state index is 11.4. The summed E-state index contributed by atoms with van der Waals surface area (Å²) in [5.41, 5.74) is -0.118. The van der Waals surface area contributed by atoms with Crippen molar-refractivity contribution in [3.05, 3.63) is 0 Å². The molecule has 2 rings (SSSR count). The Hall–Kier alpha value is -0.570. The molecule has 0 aromatic rings. The second-order valence-corrected chi connectivity index (χ2v) is 4.99. The summed E-state index contributed by atoms with van der Waals surface area (Å²) in [6.07, 6.45) is 7.26. The Bertz CT molecular complexity index is 239. The van der Waals surface area contributed by atoms with Crippen LogP contribution >= 0.6 is 0 Å². The molecule has 2 fully saturated rings. The molecule has 0 radical (unpaired) electrons. The van der Waals surface area contributed by atoms with Crippen molar-refractivity contribution in [1.82, 2.24) is 0 Å². The molecule has 0 spiro atoms. The predicted octanol–water partition coefficient (Wildman–Crippen LogP) is 1.88. The molecule has 3 heteroatoms. The third-order valence-electron chi connectivity index (χ3n) is 4.21. The van der Waals surface area contributed by atoms with Gasteiger partial charge in [-0.15, -0.1) is 0 Å². The van der Waals surface area contributed by atoms with E-state index in [9.17, 15) is 9.90 Å². The lowest BCUT2D eigenvalue weighted by Gasteiger charge is -2.32. The first-order valence-corrected chi connectivity index (χ1v) is 5.96. The van der Waals surface area contributed by atoms with E-state index >= 15 is 0 Å². The van der Waals surface area contributed by atoms with E-state index in [1.807, 2.05) is 0 Å². The third-order valence-corrected chi connectivity index (χ3v) is 4.21. The second-order valence-electron chi connectivity index (χ2n) is 4.99. The minimum absolute atomic E-state index is 0.118. The van der Waals surface area contributed by atoms with Gasteiger partial charge >= 0.3 is 5.97 Å². The smallest absolute Gasteiger partial charge is 0.335 e. The molecular formula is C12H20O3. The van der Waals surface area contributed by atoms with Gasteiger partial charge in [-0.05, 0) is 31.6 Å². The van der Waals surface area contributed by atoms with Crippen molar-refractivity contribution in [3.63, 3.8) is 0 Å². The van der Waals surface area contributed by atoms with E-state index < -0.39 is 12.1 Å². The third kappa shape index (κ3) is 1.89. The Kier molecular flexibility index (Phi) is 3.01. The quantitative estimate of drug-likeness (QED) is 0.726. The first kappa shape index (κ1) is 10.9. The molecule has 0 aromatic heterocycles. The van der Waals surface area contributed by atoms with Gasteiger partial charge in [0, 0.05) is 5.41 Å². The Labute approximate surface area is 90.8 Å². The van der Waals surface area contributed by atoms with Gasteiger partial charge < -0.3 is 9.84 Å². The summed E-state index contributed by atoms with van der Waals surface area (Å²) < 4.78 is 4.64. The molecule has 15 heavy (non-hydrogen) atoms. The van der Waals surface area contributed by atoms with Gasteiger partial charge in [-0.3, -0.25) is 0 Å². The lowest BCUT2D eigenvalue weighted by molar-refractivity contribution is -0.156. The van der Waals surface area contributed by atoms with E-state index in [2.05, 4.69) is 4.74 Å². The van der Waals surface area contributed by atoms with Crippen molar-refractivity contribution in [2.24, 2.45) is 11.3 Å². The van der Waals surface area contributed by atoms with Crippen LogP contribution in [0.4, 0.5) is 0 Å². The number of rotatable bonds is 3. The topological polar surface area (TPSA) is 46.5 Å². The van der Waals surface area contributed by atoms with Gasteiger partial charge in [0.1, 0.15) is 0 Å². The molecule has 1 unspecified atom stereocenters. The molecular weight excluding hydrogens is 192 g/mol. The van der Waals surface area contributed by atoms with Crippen molar-refractivity contribution in [2.45, 2.75) is 51.0 Å². The molecule has 0 saturated heterocycles. The first-order chi connectivity index (χ1) is 7.20. The standard InChI is InChI=1S/C12H20O3/c1-15-11(14)10(13)12(7-8-12)9-5-3-2-4-6-9/h9-10,13H,2-8H2,1H3. The number of ether oxygens (including phenoxy) is 1. The average Bonchev–Trinajstić information content (AvgIpc) is 3.09. The Morgan fingerprint density at radius 2 is 1.93 bits per heavy atom. The zero-order valence-electron chi connectivity index (χ0n) is 9.37. The van der Waals surface area contributed by atoms with Crippen molar-refractivity contribution in [3.8, 4) is 0 Å². The minimum Gasteiger partial charge on any atom is -0.467 e. The van der Waals surface area contributed by atoms with Crippen molar-refractivity contribution < 1.29 is 14.6 Å². The maximum Gasteiger partial charge on any atom is 0.335 e. The lowest BCUT2D eigenvalue weighted by Crippen LogP contribution is -2.37. The minimum atomic E-state index is -0.884. The van der Waals surface area contributed by atoms with Gasteiger partial charge in [0.05, 0.1) is 7.11 Å².